The van der Waals surface area contributed by atoms with Gasteiger partial charge in [-0.25, -0.2) is 14.6 Å². The van der Waals surface area contributed by atoms with Gasteiger partial charge in [-0.05, 0) is 50.1 Å². The molecule has 1 unspecified atom stereocenters. The molecular formula is C25H32N8O4. The van der Waals surface area contributed by atoms with Crippen molar-refractivity contribution in [2.45, 2.75) is 25.8 Å². The van der Waals surface area contributed by atoms with Crippen molar-refractivity contribution in [3.05, 3.63) is 61.3 Å². The summed E-state index contributed by atoms with van der Waals surface area (Å²) in [6.45, 7) is 9.12. The number of hydrogen-bond donors (Lipinski definition) is 3. The number of piperazine rings is 1. The monoisotopic (exact) mass is 508 g/mol. The number of rotatable bonds is 8. The Labute approximate surface area is 214 Å². The number of carboxylic acid groups (broad SMARTS) is 2. The minimum absolute atomic E-state index is 0.471. The van der Waals surface area contributed by atoms with Gasteiger partial charge in [0.25, 0.3) is 0 Å². The topological polar surface area (TPSA) is 145 Å². The summed E-state index contributed by atoms with van der Waals surface area (Å²) in [5.41, 5.74) is 3.67. The van der Waals surface area contributed by atoms with E-state index >= 15 is 0 Å². The summed E-state index contributed by atoms with van der Waals surface area (Å²) in [7, 11) is 0. The van der Waals surface area contributed by atoms with Gasteiger partial charge in [-0.2, -0.15) is 0 Å². The summed E-state index contributed by atoms with van der Waals surface area (Å²) in [5.74, 6) is -3.65. The van der Waals surface area contributed by atoms with Gasteiger partial charge < -0.3 is 24.7 Å². The fourth-order valence-electron chi connectivity index (χ4n) is 4.55. The van der Waals surface area contributed by atoms with Crippen LogP contribution in [-0.4, -0.2) is 101 Å². The van der Waals surface area contributed by atoms with Crippen LogP contribution in [0, 0.1) is 0 Å². The highest BCUT2D eigenvalue weighted by atomic mass is 16.4. The predicted octanol–water partition coefficient (Wildman–Crippen LogP) is 1.91. The highest BCUT2D eigenvalue weighted by molar-refractivity contribution is 6.27. The number of aromatic nitrogens is 6. The molecule has 3 N–H and O–H groups in total. The van der Waals surface area contributed by atoms with Crippen LogP contribution in [0.3, 0.4) is 0 Å². The van der Waals surface area contributed by atoms with E-state index in [0.717, 1.165) is 51.4 Å². The fourth-order valence-corrected chi connectivity index (χ4v) is 4.55. The molecule has 0 bridgehead atoms. The molecule has 12 nitrogen and oxygen atoms in total. The van der Waals surface area contributed by atoms with E-state index in [1.54, 1.807) is 12.7 Å². The van der Waals surface area contributed by atoms with Crippen LogP contribution >= 0.6 is 0 Å². The molecule has 1 saturated heterocycles. The minimum atomic E-state index is -1.82. The first kappa shape index (κ1) is 26.0. The molecule has 0 spiro atoms. The number of imidazole rings is 1. The first-order chi connectivity index (χ1) is 17.9. The number of fused-ring (bicyclic) bond motifs is 1. The molecule has 12 heteroatoms. The maximum absolute atomic E-state index is 9.10. The van der Waals surface area contributed by atoms with E-state index in [-0.39, 0.29) is 0 Å². The van der Waals surface area contributed by atoms with Gasteiger partial charge >= 0.3 is 11.9 Å². The average Bonchev–Trinajstić information content (AvgIpc) is 3.67. The Balaban J connectivity index is 0.000000480. The van der Waals surface area contributed by atoms with Crippen molar-refractivity contribution in [2.24, 2.45) is 0 Å². The molecule has 0 saturated carbocycles. The molecule has 5 rings (SSSR count). The molecule has 3 aromatic heterocycles. The van der Waals surface area contributed by atoms with Crippen molar-refractivity contribution in [3.8, 4) is 5.69 Å². The second-order valence-corrected chi connectivity index (χ2v) is 9.13. The number of carbonyl (C=O) groups is 2. The van der Waals surface area contributed by atoms with E-state index in [0.29, 0.717) is 6.04 Å². The van der Waals surface area contributed by atoms with Crippen LogP contribution < -0.4 is 0 Å². The number of aromatic amines is 1. The first-order valence-electron chi connectivity index (χ1n) is 12.2. The molecule has 37 heavy (non-hydrogen) atoms. The van der Waals surface area contributed by atoms with Crippen molar-refractivity contribution in [3.63, 3.8) is 0 Å². The smallest absolute Gasteiger partial charge is 0.414 e. The molecule has 1 aromatic carbocycles. The number of aliphatic carboxylic acids is 2. The fraction of sp³-hybridized carbons (Fsp3) is 0.400. The Hall–Kier alpha value is -4.03. The average molecular weight is 509 g/mol. The van der Waals surface area contributed by atoms with E-state index in [1.807, 2.05) is 17.1 Å². The van der Waals surface area contributed by atoms with E-state index < -0.39 is 11.9 Å². The molecule has 196 valence electrons. The Bertz CT molecular complexity index is 1270. The lowest BCUT2D eigenvalue weighted by molar-refractivity contribution is -0.159. The van der Waals surface area contributed by atoms with Gasteiger partial charge in [0, 0.05) is 73.9 Å². The van der Waals surface area contributed by atoms with Gasteiger partial charge in [0.15, 0.2) is 0 Å². The van der Waals surface area contributed by atoms with Crippen LogP contribution in [-0.2, 0) is 16.0 Å². The molecular weight excluding hydrogens is 476 g/mol. The van der Waals surface area contributed by atoms with Crippen molar-refractivity contribution in [2.75, 3.05) is 39.3 Å². The van der Waals surface area contributed by atoms with Crippen molar-refractivity contribution in [1.29, 1.82) is 0 Å². The van der Waals surface area contributed by atoms with Crippen molar-refractivity contribution >= 4 is 22.8 Å². The zero-order valence-corrected chi connectivity index (χ0v) is 20.8. The Morgan fingerprint density at radius 1 is 1.03 bits per heavy atom. The zero-order valence-electron chi connectivity index (χ0n) is 20.8. The van der Waals surface area contributed by atoms with Crippen LogP contribution in [0.5, 0.6) is 0 Å². The number of carboxylic acids is 2. The van der Waals surface area contributed by atoms with Crippen LogP contribution in [0.15, 0.2) is 55.8 Å². The summed E-state index contributed by atoms with van der Waals surface area (Å²) in [6, 6.07) is 6.93. The van der Waals surface area contributed by atoms with E-state index in [9.17, 15) is 0 Å². The van der Waals surface area contributed by atoms with Gasteiger partial charge in [0.1, 0.15) is 12.7 Å². The summed E-state index contributed by atoms with van der Waals surface area (Å²) < 4.78 is 4.14. The van der Waals surface area contributed by atoms with Crippen LogP contribution in [0.4, 0.5) is 0 Å². The lowest BCUT2D eigenvalue weighted by Gasteiger charge is -2.36. The van der Waals surface area contributed by atoms with Gasteiger partial charge in [0.2, 0.25) is 0 Å². The predicted molar refractivity (Wildman–Crippen MR) is 137 cm³/mol. The molecule has 1 aliphatic heterocycles. The Morgan fingerprint density at radius 3 is 2.38 bits per heavy atom. The molecule has 1 atom stereocenters. The van der Waals surface area contributed by atoms with Crippen LogP contribution in [0.1, 0.15) is 24.9 Å². The largest absolute Gasteiger partial charge is 0.473 e. The normalized spacial score (nSPS) is 15.3. The molecule has 0 radical (unpaired) electrons. The van der Waals surface area contributed by atoms with E-state index in [1.165, 1.54) is 22.9 Å². The third-order valence-electron chi connectivity index (χ3n) is 6.59. The molecule has 1 fully saturated rings. The second kappa shape index (κ2) is 12.3. The Kier molecular flexibility index (Phi) is 8.64. The molecule has 4 aromatic rings. The number of nitrogens with zero attached hydrogens (tertiary/aromatic N) is 7. The van der Waals surface area contributed by atoms with Gasteiger partial charge in [0.05, 0.1) is 6.33 Å². The second-order valence-electron chi connectivity index (χ2n) is 9.13. The van der Waals surface area contributed by atoms with E-state index in [2.05, 4.69) is 72.0 Å². The number of benzene rings is 1. The molecule has 0 amide bonds. The third kappa shape index (κ3) is 7.02. The molecule has 1 aliphatic rings. The summed E-state index contributed by atoms with van der Waals surface area (Å²) in [6.07, 6.45) is 13.7. The van der Waals surface area contributed by atoms with Crippen molar-refractivity contribution in [1.82, 2.24) is 39.1 Å². The van der Waals surface area contributed by atoms with Gasteiger partial charge in [-0.1, -0.05) is 0 Å². The minimum Gasteiger partial charge on any atom is -0.473 e. The van der Waals surface area contributed by atoms with Gasteiger partial charge in [-0.3, -0.25) is 9.47 Å². The van der Waals surface area contributed by atoms with Crippen molar-refractivity contribution < 1.29 is 19.8 Å². The zero-order chi connectivity index (χ0) is 26.2. The maximum Gasteiger partial charge on any atom is 0.414 e. The number of nitrogens with one attached hydrogen (secondary N) is 1. The molecule has 4 heterocycles. The number of H-pyrrole nitrogens is 1. The van der Waals surface area contributed by atoms with Crippen LogP contribution in [0.2, 0.25) is 0 Å². The SMILES string of the molecule is CC(CN1CCN(CCCc2c[nH]c3ccc(-n4cnnc4)cc23)CC1)n1ccnc1.O=C(O)C(=O)O. The maximum atomic E-state index is 9.10. The summed E-state index contributed by atoms with van der Waals surface area (Å²) >= 11 is 0. The third-order valence-corrected chi connectivity index (χ3v) is 6.59. The first-order valence-corrected chi connectivity index (χ1v) is 12.2. The highest BCUT2D eigenvalue weighted by Gasteiger charge is 2.19. The lowest BCUT2D eigenvalue weighted by Crippen LogP contribution is -2.47. The van der Waals surface area contributed by atoms with Gasteiger partial charge in [-0.15, -0.1) is 10.2 Å². The Morgan fingerprint density at radius 2 is 1.73 bits per heavy atom. The molecule has 0 aliphatic carbocycles. The summed E-state index contributed by atoms with van der Waals surface area (Å²) in [5, 5.41) is 23.9. The highest BCUT2D eigenvalue weighted by Crippen LogP contribution is 2.23. The standard InChI is InChI=1S/C23H30N8.C2H2O4/c1-19(30-8-6-24-16-30)15-29-11-9-28(10-12-29)7-2-3-20-14-25-23-5-4-21(13-22(20)23)31-17-26-27-18-31;3-1(4)2(5)6/h4-6,8,13-14,16-19,25H,2-3,7,9-12,15H2,1H3;(H,3,4)(H,5,6). The summed E-state index contributed by atoms with van der Waals surface area (Å²) in [4.78, 5) is 31.0. The van der Waals surface area contributed by atoms with E-state index in [4.69, 9.17) is 19.8 Å². The van der Waals surface area contributed by atoms with Crippen LogP contribution in [0.25, 0.3) is 16.6 Å². The lowest BCUT2D eigenvalue weighted by atomic mass is 10.1. The number of aryl methyl sites for hydroxylation is 1. The quantitative estimate of drug-likeness (QED) is 0.304. The number of hydrogen-bond acceptors (Lipinski definition) is 7.